The van der Waals surface area contributed by atoms with Crippen LogP contribution in [-0.4, -0.2) is 36.2 Å². The molecule has 1 atom stereocenters. The highest BCUT2D eigenvalue weighted by Gasteiger charge is 2.32. The van der Waals surface area contributed by atoms with Gasteiger partial charge in [0.1, 0.15) is 0 Å². The van der Waals surface area contributed by atoms with Crippen LogP contribution in [0.4, 0.5) is 0 Å². The summed E-state index contributed by atoms with van der Waals surface area (Å²) in [4.78, 5) is 2.27. The van der Waals surface area contributed by atoms with Gasteiger partial charge in [-0.2, -0.15) is 0 Å². The minimum atomic E-state index is -0.108. The number of aliphatic hydroxyl groups is 1. The standard InChI is InChI=1S/C8H17NO.C2H6/c1-8(2)6-9(3)5-4-7(8)10;1-2/h7,10H,4-6H2,1-3H3;1-2H3. The number of rotatable bonds is 0. The van der Waals surface area contributed by atoms with Crippen LogP contribution in [0.15, 0.2) is 0 Å². The molecule has 1 fully saturated rings. The first kappa shape index (κ1) is 11.9. The second-order valence-electron chi connectivity index (χ2n) is 4.03. The average molecular weight is 173 g/mol. The largest absolute Gasteiger partial charge is 0.392 e. The van der Waals surface area contributed by atoms with E-state index < -0.39 is 0 Å². The van der Waals surface area contributed by atoms with Gasteiger partial charge in [0, 0.05) is 18.5 Å². The molecule has 0 spiro atoms. The quantitative estimate of drug-likeness (QED) is 0.603. The van der Waals surface area contributed by atoms with Gasteiger partial charge >= 0.3 is 0 Å². The number of piperidine rings is 1. The number of nitrogens with zero attached hydrogens (tertiary/aromatic N) is 1. The molecule has 0 aromatic heterocycles. The van der Waals surface area contributed by atoms with Crippen molar-refractivity contribution in [1.82, 2.24) is 4.90 Å². The Bertz CT molecular complexity index is 123. The lowest BCUT2D eigenvalue weighted by atomic mass is 9.81. The Morgan fingerprint density at radius 1 is 1.33 bits per heavy atom. The predicted octanol–water partition coefficient (Wildman–Crippen LogP) is 1.74. The van der Waals surface area contributed by atoms with Crippen LogP contribution in [0.3, 0.4) is 0 Å². The Hall–Kier alpha value is -0.0800. The van der Waals surface area contributed by atoms with Gasteiger partial charge in [0.2, 0.25) is 0 Å². The van der Waals surface area contributed by atoms with Gasteiger partial charge in [-0.25, -0.2) is 0 Å². The van der Waals surface area contributed by atoms with Crippen molar-refractivity contribution in [2.24, 2.45) is 5.41 Å². The second kappa shape index (κ2) is 4.83. The third-order valence-corrected chi connectivity index (χ3v) is 2.36. The van der Waals surface area contributed by atoms with E-state index in [1.165, 1.54) is 0 Å². The van der Waals surface area contributed by atoms with E-state index in [4.69, 9.17) is 0 Å². The molecule has 1 aliphatic rings. The Kier molecular flexibility index (Phi) is 4.80. The highest BCUT2D eigenvalue weighted by atomic mass is 16.3. The first-order valence-corrected chi connectivity index (χ1v) is 4.89. The first-order chi connectivity index (χ1) is 5.52. The molecule has 0 aromatic carbocycles. The first-order valence-electron chi connectivity index (χ1n) is 4.89. The summed E-state index contributed by atoms with van der Waals surface area (Å²) in [6.45, 7) is 10.3. The number of aliphatic hydroxyl groups excluding tert-OH is 1. The Labute approximate surface area is 76.6 Å². The highest BCUT2D eigenvalue weighted by molar-refractivity contribution is 4.85. The normalized spacial score (nSPS) is 29.0. The van der Waals surface area contributed by atoms with Gasteiger partial charge in [-0.15, -0.1) is 0 Å². The van der Waals surface area contributed by atoms with Crippen molar-refractivity contribution in [2.45, 2.75) is 40.2 Å². The van der Waals surface area contributed by atoms with Gasteiger partial charge in [0.05, 0.1) is 6.10 Å². The summed E-state index contributed by atoms with van der Waals surface area (Å²) >= 11 is 0. The molecule has 0 aliphatic carbocycles. The molecule has 0 saturated carbocycles. The molecule has 1 N–H and O–H groups in total. The average Bonchev–Trinajstić information content (AvgIpc) is 2.01. The van der Waals surface area contributed by atoms with Crippen molar-refractivity contribution in [2.75, 3.05) is 20.1 Å². The molecule has 0 bridgehead atoms. The number of likely N-dealkylation sites (tertiary alicyclic amines) is 1. The number of hydrogen-bond acceptors (Lipinski definition) is 2. The Balaban J connectivity index is 0.000000561. The lowest BCUT2D eigenvalue weighted by molar-refractivity contribution is -0.0162. The summed E-state index contributed by atoms with van der Waals surface area (Å²) in [5.41, 5.74) is 0.0903. The van der Waals surface area contributed by atoms with Crippen molar-refractivity contribution < 1.29 is 5.11 Å². The van der Waals surface area contributed by atoms with Crippen molar-refractivity contribution in [1.29, 1.82) is 0 Å². The second-order valence-corrected chi connectivity index (χ2v) is 4.03. The smallest absolute Gasteiger partial charge is 0.0615 e. The van der Waals surface area contributed by atoms with Gasteiger partial charge in [-0.05, 0) is 13.5 Å². The van der Waals surface area contributed by atoms with Crippen molar-refractivity contribution >= 4 is 0 Å². The van der Waals surface area contributed by atoms with Crippen molar-refractivity contribution in [3.63, 3.8) is 0 Å². The van der Waals surface area contributed by atoms with Gasteiger partial charge in [0.25, 0.3) is 0 Å². The molecular weight excluding hydrogens is 150 g/mol. The molecule has 1 rings (SSSR count). The van der Waals surface area contributed by atoms with Crippen LogP contribution < -0.4 is 0 Å². The molecule has 12 heavy (non-hydrogen) atoms. The SMILES string of the molecule is CC.CN1CCC(O)C(C)(C)C1. The summed E-state index contributed by atoms with van der Waals surface area (Å²) in [5, 5.41) is 9.53. The van der Waals surface area contributed by atoms with E-state index in [1.54, 1.807) is 0 Å². The zero-order valence-electron chi connectivity index (χ0n) is 9.09. The van der Waals surface area contributed by atoms with E-state index in [0.29, 0.717) is 0 Å². The van der Waals surface area contributed by atoms with E-state index in [9.17, 15) is 5.11 Å². The molecule has 0 amide bonds. The molecule has 74 valence electrons. The highest BCUT2D eigenvalue weighted by Crippen LogP contribution is 2.27. The van der Waals surface area contributed by atoms with Crippen LogP contribution in [0.5, 0.6) is 0 Å². The van der Waals surface area contributed by atoms with Gasteiger partial charge in [-0.1, -0.05) is 27.7 Å². The van der Waals surface area contributed by atoms with Crippen LogP contribution in [0, 0.1) is 5.41 Å². The Morgan fingerprint density at radius 2 is 1.83 bits per heavy atom. The third kappa shape index (κ3) is 3.11. The fraction of sp³-hybridized carbons (Fsp3) is 1.00. The summed E-state index contributed by atoms with van der Waals surface area (Å²) < 4.78 is 0. The van der Waals surface area contributed by atoms with Gasteiger partial charge in [-0.3, -0.25) is 0 Å². The molecule has 1 aliphatic heterocycles. The van der Waals surface area contributed by atoms with E-state index in [0.717, 1.165) is 19.5 Å². The molecule has 2 nitrogen and oxygen atoms in total. The maximum absolute atomic E-state index is 9.53. The third-order valence-electron chi connectivity index (χ3n) is 2.36. The summed E-state index contributed by atoms with van der Waals surface area (Å²) in [6.07, 6.45) is 0.812. The van der Waals surface area contributed by atoms with E-state index in [1.807, 2.05) is 13.8 Å². The van der Waals surface area contributed by atoms with Gasteiger partial charge < -0.3 is 10.0 Å². The Morgan fingerprint density at radius 3 is 2.17 bits per heavy atom. The van der Waals surface area contributed by atoms with E-state index in [-0.39, 0.29) is 11.5 Å². The van der Waals surface area contributed by atoms with Crippen molar-refractivity contribution in [3.05, 3.63) is 0 Å². The van der Waals surface area contributed by atoms with Crippen LogP contribution in [0.25, 0.3) is 0 Å². The summed E-state index contributed by atoms with van der Waals surface area (Å²) in [5.74, 6) is 0. The monoisotopic (exact) mass is 173 g/mol. The molecule has 1 heterocycles. The van der Waals surface area contributed by atoms with Crippen molar-refractivity contribution in [3.8, 4) is 0 Å². The topological polar surface area (TPSA) is 23.5 Å². The van der Waals surface area contributed by atoms with E-state index >= 15 is 0 Å². The minimum Gasteiger partial charge on any atom is -0.392 e. The van der Waals surface area contributed by atoms with E-state index in [2.05, 4.69) is 25.8 Å². The molecule has 0 radical (unpaired) electrons. The molecular formula is C10H23NO. The zero-order chi connectivity index (χ0) is 9.78. The molecule has 0 aromatic rings. The fourth-order valence-electron chi connectivity index (χ4n) is 1.61. The zero-order valence-corrected chi connectivity index (χ0v) is 9.09. The van der Waals surface area contributed by atoms with Crippen LogP contribution in [0.2, 0.25) is 0 Å². The maximum atomic E-state index is 9.53. The summed E-state index contributed by atoms with van der Waals surface area (Å²) in [6, 6.07) is 0. The fourth-order valence-corrected chi connectivity index (χ4v) is 1.61. The molecule has 1 unspecified atom stereocenters. The predicted molar refractivity (Wildman–Crippen MR) is 53.2 cm³/mol. The molecule has 2 heteroatoms. The summed E-state index contributed by atoms with van der Waals surface area (Å²) in [7, 11) is 2.10. The minimum absolute atomic E-state index is 0.0903. The van der Waals surface area contributed by atoms with Crippen LogP contribution in [-0.2, 0) is 0 Å². The van der Waals surface area contributed by atoms with Crippen LogP contribution in [0.1, 0.15) is 34.1 Å². The lowest BCUT2D eigenvalue weighted by Crippen LogP contribution is -2.46. The number of hydrogen-bond donors (Lipinski definition) is 1. The van der Waals surface area contributed by atoms with Gasteiger partial charge in [0.15, 0.2) is 0 Å². The molecule has 1 saturated heterocycles. The van der Waals surface area contributed by atoms with Crippen LogP contribution >= 0.6 is 0 Å². The maximum Gasteiger partial charge on any atom is 0.0615 e. The lowest BCUT2D eigenvalue weighted by Gasteiger charge is -2.40.